The fourth-order valence-electron chi connectivity index (χ4n) is 2.12. The third-order valence-electron chi connectivity index (χ3n) is 3.35. The second-order valence-electron chi connectivity index (χ2n) is 4.47. The van der Waals surface area contributed by atoms with Crippen LogP contribution in [0.5, 0.6) is 0 Å². The van der Waals surface area contributed by atoms with Gasteiger partial charge >= 0.3 is 0 Å². The molecule has 19 heavy (non-hydrogen) atoms. The Morgan fingerprint density at radius 3 is 2.37 bits per heavy atom. The van der Waals surface area contributed by atoms with E-state index in [1.54, 1.807) is 4.90 Å². The van der Waals surface area contributed by atoms with Gasteiger partial charge in [0.05, 0.1) is 5.56 Å². The van der Waals surface area contributed by atoms with Crippen LogP contribution in [-0.4, -0.2) is 48.4 Å². The number of benzene rings is 1. The summed E-state index contributed by atoms with van der Waals surface area (Å²) in [5.74, 6) is -2.22. The van der Waals surface area contributed by atoms with Crippen molar-refractivity contribution < 1.29 is 13.6 Å². The van der Waals surface area contributed by atoms with E-state index < -0.39 is 11.6 Å². The molecular weight excluding hydrogens is 318 g/mol. The van der Waals surface area contributed by atoms with Crippen LogP contribution in [0.1, 0.15) is 17.3 Å². The van der Waals surface area contributed by atoms with E-state index >= 15 is 0 Å². The van der Waals surface area contributed by atoms with Crippen molar-refractivity contribution in [3.8, 4) is 0 Å². The van der Waals surface area contributed by atoms with Crippen molar-refractivity contribution in [2.75, 3.05) is 32.7 Å². The van der Waals surface area contributed by atoms with Crippen molar-refractivity contribution in [1.29, 1.82) is 0 Å². The van der Waals surface area contributed by atoms with Gasteiger partial charge in [0.1, 0.15) is 0 Å². The summed E-state index contributed by atoms with van der Waals surface area (Å²) < 4.78 is 26.5. The molecule has 0 saturated carbocycles. The number of rotatable bonds is 2. The molecule has 1 heterocycles. The number of hydrogen-bond donors (Lipinski definition) is 0. The normalized spacial score (nSPS) is 16.7. The largest absolute Gasteiger partial charge is 0.336 e. The van der Waals surface area contributed by atoms with E-state index in [-0.39, 0.29) is 15.9 Å². The molecule has 0 aromatic heterocycles. The van der Waals surface area contributed by atoms with Crippen molar-refractivity contribution in [2.45, 2.75) is 6.92 Å². The quantitative estimate of drug-likeness (QED) is 0.777. The molecule has 1 aliphatic rings. The summed E-state index contributed by atoms with van der Waals surface area (Å²) in [6.07, 6.45) is 0. The maximum atomic E-state index is 13.2. The standard InChI is InChI=1S/C13H15BrF2N2O/c1-2-17-3-5-18(6-4-17)13(19)9-7-11(15)12(16)8-10(9)14/h7-8H,2-6H2,1H3. The van der Waals surface area contributed by atoms with E-state index in [0.717, 1.165) is 31.8 Å². The van der Waals surface area contributed by atoms with Crippen LogP contribution in [0.25, 0.3) is 0 Å². The average Bonchev–Trinajstić information content (AvgIpc) is 2.42. The summed E-state index contributed by atoms with van der Waals surface area (Å²) in [4.78, 5) is 16.2. The third kappa shape index (κ3) is 3.12. The SMILES string of the molecule is CCN1CCN(C(=O)c2cc(F)c(F)cc2Br)CC1. The van der Waals surface area contributed by atoms with Crippen LogP contribution in [0.15, 0.2) is 16.6 Å². The topological polar surface area (TPSA) is 23.6 Å². The van der Waals surface area contributed by atoms with E-state index in [1.807, 2.05) is 0 Å². The molecule has 0 spiro atoms. The molecule has 1 amide bonds. The Balaban J connectivity index is 2.14. The summed E-state index contributed by atoms with van der Waals surface area (Å²) in [7, 11) is 0. The Morgan fingerprint density at radius 2 is 1.79 bits per heavy atom. The van der Waals surface area contributed by atoms with Gasteiger partial charge in [-0.3, -0.25) is 4.79 Å². The Morgan fingerprint density at radius 1 is 1.21 bits per heavy atom. The zero-order valence-electron chi connectivity index (χ0n) is 10.6. The molecule has 1 aromatic rings. The Labute approximate surface area is 119 Å². The lowest BCUT2D eigenvalue weighted by Crippen LogP contribution is -2.48. The van der Waals surface area contributed by atoms with Gasteiger partial charge in [0.2, 0.25) is 0 Å². The highest BCUT2D eigenvalue weighted by Crippen LogP contribution is 2.22. The molecule has 6 heteroatoms. The first-order chi connectivity index (χ1) is 9.02. The van der Waals surface area contributed by atoms with Crippen LogP contribution in [0.2, 0.25) is 0 Å². The first kappa shape index (κ1) is 14.4. The zero-order chi connectivity index (χ0) is 14.0. The number of halogens is 3. The van der Waals surface area contributed by atoms with Crippen molar-refractivity contribution in [3.05, 3.63) is 33.8 Å². The number of carbonyl (C=O) groups is 1. The number of nitrogens with zero attached hydrogens (tertiary/aromatic N) is 2. The Bertz CT molecular complexity index is 488. The Kier molecular flexibility index (Phi) is 4.52. The minimum Gasteiger partial charge on any atom is -0.336 e. The molecule has 2 rings (SSSR count). The minimum atomic E-state index is -1.00. The van der Waals surface area contributed by atoms with E-state index in [2.05, 4.69) is 27.8 Å². The van der Waals surface area contributed by atoms with Gasteiger partial charge in [0.15, 0.2) is 11.6 Å². The summed E-state index contributed by atoms with van der Waals surface area (Å²) in [5, 5.41) is 0. The second kappa shape index (κ2) is 5.96. The van der Waals surface area contributed by atoms with E-state index in [1.165, 1.54) is 0 Å². The van der Waals surface area contributed by atoms with Gasteiger partial charge in [-0.1, -0.05) is 6.92 Å². The Hall–Kier alpha value is -1.01. The van der Waals surface area contributed by atoms with Crippen molar-refractivity contribution >= 4 is 21.8 Å². The molecule has 0 aliphatic carbocycles. The van der Waals surface area contributed by atoms with Gasteiger partial charge < -0.3 is 9.80 Å². The number of carbonyl (C=O) groups excluding carboxylic acids is 1. The molecule has 0 bridgehead atoms. The van der Waals surface area contributed by atoms with Crippen molar-refractivity contribution in [2.24, 2.45) is 0 Å². The number of amides is 1. The molecule has 104 valence electrons. The maximum Gasteiger partial charge on any atom is 0.255 e. The maximum absolute atomic E-state index is 13.2. The summed E-state index contributed by atoms with van der Waals surface area (Å²) in [6.45, 7) is 5.86. The molecule has 1 aromatic carbocycles. The number of piperazine rings is 1. The van der Waals surface area contributed by atoms with Gasteiger partial charge in [-0.25, -0.2) is 8.78 Å². The van der Waals surface area contributed by atoms with Crippen molar-refractivity contribution in [3.63, 3.8) is 0 Å². The first-order valence-electron chi connectivity index (χ1n) is 6.19. The fourth-order valence-corrected chi connectivity index (χ4v) is 2.61. The molecule has 1 fully saturated rings. The lowest BCUT2D eigenvalue weighted by atomic mass is 10.1. The van der Waals surface area contributed by atoms with E-state index in [9.17, 15) is 13.6 Å². The van der Waals surface area contributed by atoms with Crippen LogP contribution < -0.4 is 0 Å². The molecular formula is C13H15BrF2N2O. The summed E-state index contributed by atoms with van der Waals surface area (Å²) in [6, 6.07) is 1.94. The fraction of sp³-hybridized carbons (Fsp3) is 0.462. The molecule has 0 atom stereocenters. The highest BCUT2D eigenvalue weighted by Gasteiger charge is 2.24. The summed E-state index contributed by atoms with van der Waals surface area (Å²) in [5.41, 5.74) is 0.170. The van der Waals surface area contributed by atoms with Crippen LogP contribution in [0, 0.1) is 11.6 Å². The summed E-state index contributed by atoms with van der Waals surface area (Å²) >= 11 is 3.11. The van der Waals surface area contributed by atoms with Gasteiger partial charge in [0.25, 0.3) is 5.91 Å². The van der Waals surface area contributed by atoms with E-state index in [0.29, 0.717) is 13.1 Å². The first-order valence-corrected chi connectivity index (χ1v) is 6.98. The van der Waals surface area contributed by atoms with Crippen LogP contribution >= 0.6 is 15.9 Å². The number of hydrogen-bond acceptors (Lipinski definition) is 2. The van der Waals surface area contributed by atoms with Crippen LogP contribution in [0.3, 0.4) is 0 Å². The van der Waals surface area contributed by atoms with Gasteiger partial charge in [-0.2, -0.15) is 0 Å². The smallest absolute Gasteiger partial charge is 0.255 e. The highest BCUT2D eigenvalue weighted by molar-refractivity contribution is 9.10. The highest BCUT2D eigenvalue weighted by atomic mass is 79.9. The minimum absolute atomic E-state index is 0.170. The van der Waals surface area contributed by atoms with Crippen LogP contribution in [-0.2, 0) is 0 Å². The van der Waals surface area contributed by atoms with Gasteiger partial charge in [-0.15, -0.1) is 0 Å². The van der Waals surface area contributed by atoms with Gasteiger partial charge in [-0.05, 0) is 34.6 Å². The zero-order valence-corrected chi connectivity index (χ0v) is 12.2. The van der Waals surface area contributed by atoms with Crippen molar-refractivity contribution in [1.82, 2.24) is 9.80 Å². The molecule has 0 N–H and O–H groups in total. The molecule has 1 aliphatic heterocycles. The van der Waals surface area contributed by atoms with Gasteiger partial charge in [0, 0.05) is 30.7 Å². The molecule has 0 unspecified atom stereocenters. The van der Waals surface area contributed by atoms with Crippen LogP contribution in [0.4, 0.5) is 8.78 Å². The molecule has 3 nitrogen and oxygen atoms in total. The second-order valence-corrected chi connectivity index (χ2v) is 5.33. The monoisotopic (exact) mass is 332 g/mol. The predicted molar refractivity (Wildman–Crippen MR) is 72.1 cm³/mol. The average molecular weight is 333 g/mol. The third-order valence-corrected chi connectivity index (χ3v) is 4.00. The van der Waals surface area contributed by atoms with E-state index in [4.69, 9.17) is 0 Å². The number of likely N-dealkylation sites (N-methyl/N-ethyl adjacent to an activating group) is 1. The predicted octanol–water partition coefficient (Wildman–Crippen LogP) is 2.51. The lowest BCUT2D eigenvalue weighted by molar-refractivity contribution is 0.0642. The lowest BCUT2D eigenvalue weighted by Gasteiger charge is -2.34. The molecule has 0 radical (unpaired) electrons. The molecule has 1 saturated heterocycles.